The van der Waals surface area contributed by atoms with Gasteiger partial charge in [-0.1, -0.05) is 6.07 Å². The highest BCUT2D eigenvalue weighted by atomic mass is 35.5. The van der Waals surface area contributed by atoms with E-state index in [0.29, 0.717) is 11.1 Å². The third-order valence-corrected chi connectivity index (χ3v) is 2.38. The zero-order valence-corrected chi connectivity index (χ0v) is 9.41. The number of nitrogens with zero attached hydrogens (tertiary/aromatic N) is 1. The lowest BCUT2D eigenvalue weighted by atomic mass is 10.0. The molecule has 84 valence electrons. The first-order chi connectivity index (χ1) is 7.62. The Labute approximate surface area is 98.0 Å². The number of alkyl halides is 1. The quantitative estimate of drug-likeness (QED) is 0.644. The summed E-state index contributed by atoms with van der Waals surface area (Å²) in [4.78, 5) is 11.1. The lowest BCUT2D eigenvalue weighted by molar-refractivity contribution is -0.139. The largest absolute Gasteiger partial charge is 0.506 e. The summed E-state index contributed by atoms with van der Waals surface area (Å²) >= 11 is 5.62. The Morgan fingerprint density at radius 1 is 1.62 bits per heavy atom. The number of rotatable bonds is 3. The van der Waals surface area contributed by atoms with Crippen LogP contribution in [0.25, 0.3) is 0 Å². The van der Waals surface area contributed by atoms with E-state index in [1.54, 1.807) is 6.07 Å². The van der Waals surface area contributed by atoms with Gasteiger partial charge in [-0.05, 0) is 11.6 Å². The number of phenols is 1. The topological polar surface area (TPSA) is 70.3 Å². The van der Waals surface area contributed by atoms with Gasteiger partial charge in [0.05, 0.1) is 25.0 Å². The van der Waals surface area contributed by atoms with E-state index in [1.165, 1.54) is 13.2 Å². The minimum atomic E-state index is -0.407. The van der Waals surface area contributed by atoms with Crippen LogP contribution in [0.1, 0.15) is 16.7 Å². The number of benzene rings is 1. The van der Waals surface area contributed by atoms with Crippen molar-refractivity contribution in [3.05, 3.63) is 28.8 Å². The van der Waals surface area contributed by atoms with Gasteiger partial charge in [-0.3, -0.25) is 4.79 Å². The van der Waals surface area contributed by atoms with Crippen LogP contribution in [0.4, 0.5) is 0 Å². The van der Waals surface area contributed by atoms with Crippen molar-refractivity contribution in [2.24, 2.45) is 0 Å². The van der Waals surface area contributed by atoms with E-state index in [2.05, 4.69) is 4.74 Å². The van der Waals surface area contributed by atoms with E-state index >= 15 is 0 Å². The van der Waals surface area contributed by atoms with Crippen molar-refractivity contribution in [1.82, 2.24) is 0 Å². The molecule has 5 heteroatoms. The average molecular weight is 240 g/mol. The maximum absolute atomic E-state index is 11.1. The summed E-state index contributed by atoms with van der Waals surface area (Å²) in [5, 5.41) is 18.4. The van der Waals surface area contributed by atoms with Gasteiger partial charge in [-0.25, -0.2) is 0 Å². The Kier molecular flexibility index (Phi) is 4.15. The van der Waals surface area contributed by atoms with Gasteiger partial charge < -0.3 is 9.84 Å². The van der Waals surface area contributed by atoms with E-state index in [0.717, 1.165) is 0 Å². The van der Waals surface area contributed by atoms with Gasteiger partial charge in [0.25, 0.3) is 0 Å². The minimum absolute atomic E-state index is 0.0509. The van der Waals surface area contributed by atoms with Gasteiger partial charge in [0.15, 0.2) is 0 Å². The van der Waals surface area contributed by atoms with E-state index < -0.39 is 5.97 Å². The summed E-state index contributed by atoms with van der Waals surface area (Å²) < 4.78 is 4.51. The molecule has 0 aromatic heterocycles. The molecule has 0 atom stereocenters. The Balaban J connectivity index is 3.13. The highest BCUT2D eigenvalue weighted by Gasteiger charge is 2.11. The average Bonchev–Trinajstić information content (AvgIpc) is 2.30. The van der Waals surface area contributed by atoms with Crippen LogP contribution in [0.5, 0.6) is 5.75 Å². The predicted molar refractivity (Wildman–Crippen MR) is 58.1 cm³/mol. The van der Waals surface area contributed by atoms with Crippen LogP contribution < -0.4 is 0 Å². The number of aromatic hydroxyl groups is 1. The molecule has 0 aliphatic heterocycles. The number of nitriles is 1. The molecule has 4 nitrogen and oxygen atoms in total. The summed E-state index contributed by atoms with van der Waals surface area (Å²) in [6, 6.07) is 4.87. The summed E-state index contributed by atoms with van der Waals surface area (Å²) in [6.45, 7) is 0. The van der Waals surface area contributed by atoms with Gasteiger partial charge in [-0.15, -0.1) is 11.6 Å². The maximum atomic E-state index is 11.1. The normalized spacial score (nSPS) is 9.56. The first-order valence-electron chi connectivity index (χ1n) is 4.50. The van der Waals surface area contributed by atoms with E-state index in [9.17, 15) is 9.90 Å². The number of phenolic OH excluding ortho intramolecular Hbond substituents is 1. The molecule has 0 bridgehead atoms. The fourth-order valence-electron chi connectivity index (χ4n) is 1.29. The molecule has 0 unspecified atom stereocenters. The zero-order valence-electron chi connectivity index (χ0n) is 8.66. The van der Waals surface area contributed by atoms with Gasteiger partial charge in [-0.2, -0.15) is 5.26 Å². The lowest BCUT2D eigenvalue weighted by Gasteiger charge is -2.06. The van der Waals surface area contributed by atoms with Gasteiger partial charge in [0.1, 0.15) is 11.8 Å². The van der Waals surface area contributed by atoms with Crippen molar-refractivity contribution in [3.63, 3.8) is 0 Å². The zero-order chi connectivity index (χ0) is 12.1. The first-order valence-corrected chi connectivity index (χ1v) is 5.03. The monoisotopic (exact) mass is 239 g/mol. The third kappa shape index (κ3) is 2.65. The smallest absolute Gasteiger partial charge is 0.309 e. The Bertz CT molecular complexity index is 451. The molecule has 0 aliphatic rings. The molecule has 1 aromatic carbocycles. The molecule has 0 amide bonds. The second-order valence-electron chi connectivity index (χ2n) is 3.15. The summed E-state index contributed by atoms with van der Waals surface area (Å²) in [6.07, 6.45) is 0.0509. The van der Waals surface area contributed by atoms with Crippen molar-refractivity contribution in [2.75, 3.05) is 7.11 Å². The molecular formula is C11H10ClNO3. The number of methoxy groups -OCH3 is 1. The van der Waals surface area contributed by atoms with Crippen LogP contribution in [-0.4, -0.2) is 18.2 Å². The van der Waals surface area contributed by atoms with E-state index in [4.69, 9.17) is 16.9 Å². The number of esters is 1. The van der Waals surface area contributed by atoms with Crippen molar-refractivity contribution in [3.8, 4) is 11.8 Å². The first kappa shape index (κ1) is 12.3. The lowest BCUT2D eigenvalue weighted by Crippen LogP contribution is -2.05. The molecule has 1 rings (SSSR count). The Morgan fingerprint density at radius 2 is 2.31 bits per heavy atom. The second kappa shape index (κ2) is 5.38. The fourth-order valence-corrected chi connectivity index (χ4v) is 1.49. The Hall–Kier alpha value is -1.73. The number of hydrogen-bond donors (Lipinski definition) is 1. The molecule has 0 aliphatic carbocycles. The highest BCUT2D eigenvalue weighted by molar-refractivity contribution is 6.17. The van der Waals surface area contributed by atoms with Gasteiger partial charge in [0.2, 0.25) is 0 Å². The number of carbonyl (C=O) groups is 1. The van der Waals surface area contributed by atoms with Crippen LogP contribution in [0, 0.1) is 11.3 Å². The maximum Gasteiger partial charge on any atom is 0.309 e. The van der Waals surface area contributed by atoms with E-state index in [1.807, 2.05) is 6.07 Å². The van der Waals surface area contributed by atoms with Crippen LogP contribution in [0.2, 0.25) is 0 Å². The number of halogens is 1. The van der Waals surface area contributed by atoms with Crippen LogP contribution in [0.3, 0.4) is 0 Å². The highest BCUT2D eigenvalue weighted by Crippen LogP contribution is 2.25. The molecule has 0 radical (unpaired) electrons. The molecule has 1 N–H and O–H groups in total. The van der Waals surface area contributed by atoms with Crippen molar-refractivity contribution < 1.29 is 14.6 Å². The number of hydrogen-bond acceptors (Lipinski definition) is 4. The van der Waals surface area contributed by atoms with Crippen LogP contribution in [-0.2, 0) is 21.8 Å². The number of carbonyl (C=O) groups excluding carboxylic acids is 1. The molecule has 0 saturated carbocycles. The van der Waals surface area contributed by atoms with Gasteiger partial charge in [0, 0.05) is 5.56 Å². The molecule has 0 spiro atoms. The fraction of sp³-hybridized carbons (Fsp3) is 0.273. The molecule has 1 aromatic rings. The van der Waals surface area contributed by atoms with Crippen molar-refractivity contribution >= 4 is 17.6 Å². The summed E-state index contributed by atoms with van der Waals surface area (Å²) in [5.74, 6) is -0.462. The van der Waals surface area contributed by atoms with Crippen LogP contribution >= 0.6 is 11.6 Å². The van der Waals surface area contributed by atoms with E-state index in [-0.39, 0.29) is 23.6 Å². The number of ether oxygens (including phenoxy) is 1. The van der Waals surface area contributed by atoms with Crippen molar-refractivity contribution in [1.29, 1.82) is 5.26 Å². The van der Waals surface area contributed by atoms with Gasteiger partial charge >= 0.3 is 5.97 Å². The molecule has 16 heavy (non-hydrogen) atoms. The SMILES string of the molecule is COC(=O)Cc1cc(C#N)c(O)c(CCl)c1. The summed E-state index contributed by atoms with van der Waals surface area (Å²) in [5.41, 5.74) is 1.13. The minimum Gasteiger partial charge on any atom is -0.506 e. The summed E-state index contributed by atoms with van der Waals surface area (Å²) in [7, 11) is 1.29. The molecular weight excluding hydrogens is 230 g/mol. The molecule has 0 heterocycles. The predicted octanol–water partition coefficient (Wildman–Crippen LogP) is 1.72. The molecule has 0 fully saturated rings. The second-order valence-corrected chi connectivity index (χ2v) is 3.42. The standard InChI is InChI=1S/C11H10ClNO3/c1-16-10(14)4-7-2-8(5-12)11(15)9(3-7)6-13/h2-3,15H,4-5H2,1H3. The van der Waals surface area contributed by atoms with Crippen LogP contribution in [0.15, 0.2) is 12.1 Å². The molecule has 0 saturated heterocycles. The van der Waals surface area contributed by atoms with Crippen molar-refractivity contribution in [2.45, 2.75) is 12.3 Å². The Morgan fingerprint density at radius 3 is 2.81 bits per heavy atom. The third-order valence-electron chi connectivity index (χ3n) is 2.09.